The number of ether oxygens (including phenoxy) is 1. The first-order chi connectivity index (χ1) is 14.7. The summed E-state index contributed by atoms with van der Waals surface area (Å²) in [6.07, 6.45) is 0. The van der Waals surface area contributed by atoms with Crippen molar-refractivity contribution in [3.8, 4) is 23.0 Å². The Hall–Kier alpha value is -3.06. The van der Waals surface area contributed by atoms with Gasteiger partial charge in [-0.25, -0.2) is 9.78 Å². The van der Waals surface area contributed by atoms with Crippen molar-refractivity contribution >= 4 is 40.3 Å². The number of carboxylic acids is 1. The Kier molecular flexibility index (Phi) is 7.17. The highest BCUT2D eigenvalue weighted by atomic mass is 35.5. The van der Waals surface area contributed by atoms with Crippen LogP contribution in [-0.4, -0.2) is 22.1 Å². The normalized spacial score (nSPS) is 10.6. The van der Waals surface area contributed by atoms with Gasteiger partial charge in [-0.1, -0.05) is 49.2 Å². The highest BCUT2D eigenvalue weighted by Crippen LogP contribution is 2.34. The molecule has 4 aromatic rings. The van der Waals surface area contributed by atoms with Gasteiger partial charge in [0.15, 0.2) is 5.58 Å². The number of rotatable bonds is 4. The molecule has 0 aliphatic rings. The molecule has 8 heteroatoms. The summed E-state index contributed by atoms with van der Waals surface area (Å²) in [4.78, 5) is 15.8. The van der Waals surface area contributed by atoms with Crippen LogP contribution in [0.25, 0.3) is 22.6 Å². The number of aromatic nitrogens is 1. The summed E-state index contributed by atoms with van der Waals surface area (Å²) in [6.45, 7) is 3.89. The van der Waals surface area contributed by atoms with Gasteiger partial charge in [0.25, 0.3) is 0 Å². The van der Waals surface area contributed by atoms with Gasteiger partial charge in [0.05, 0.1) is 16.1 Å². The SMILES string of the molecule is CC(C)N.O=C(O)c1ccccc1-c1nc2ccc(Oc3ccc(Cl)cc3Cl)cc2o1. The van der Waals surface area contributed by atoms with E-state index in [0.29, 0.717) is 44.2 Å². The molecule has 0 saturated carbocycles. The Morgan fingerprint density at radius 1 is 1.10 bits per heavy atom. The molecule has 0 spiro atoms. The van der Waals surface area contributed by atoms with E-state index in [-0.39, 0.29) is 11.5 Å². The first-order valence-electron chi connectivity index (χ1n) is 9.36. The molecule has 0 aliphatic carbocycles. The van der Waals surface area contributed by atoms with Crippen molar-refractivity contribution in [3.63, 3.8) is 0 Å². The third-order valence-corrected chi connectivity index (χ3v) is 4.40. The molecule has 0 atom stereocenters. The Morgan fingerprint density at radius 2 is 1.81 bits per heavy atom. The number of aromatic carboxylic acids is 1. The smallest absolute Gasteiger partial charge is 0.336 e. The second-order valence-corrected chi connectivity index (χ2v) is 7.76. The Labute approximate surface area is 189 Å². The molecule has 0 radical (unpaired) electrons. The van der Waals surface area contributed by atoms with Gasteiger partial charge in [-0.2, -0.15) is 0 Å². The van der Waals surface area contributed by atoms with Gasteiger partial charge in [-0.15, -0.1) is 0 Å². The molecule has 0 fully saturated rings. The maximum Gasteiger partial charge on any atom is 0.336 e. The predicted octanol–water partition coefficient (Wildman–Crippen LogP) is 6.65. The number of benzene rings is 3. The van der Waals surface area contributed by atoms with E-state index in [0.717, 1.165) is 0 Å². The zero-order chi connectivity index (χ0) is 22.5. The van der Waals surface area contributed by atoms with Crippen LogP contribution in [0.2, 0.25) is 10.0 Å². The minimum absolute atomic E-state index is 0.119. The second-order valence-electron chi connectivity index (χ2n) is 6.92. The van der Waals surface area contributed by atoms with E-state index < -0.39 is 5.97 Å². The fourth-order valence-corrected chi connectivity index (χ4v) is 3.07. The monoisotopic (exact) mass is 458 g/mol. The number of oxazole rings is 1. The molecular weight excluding hydrogens is 439 g/mol. The van der Waals surface area contributed by atoms with Gasteiger partial charge in [-0.05, 0) is 48.5 Å². The minimum Gasteiger partial charge on any atom is -0.478 e. The van der Waals surface area contributed by atoms with Gasteiger partial charge in [0, 0.05) is 11.1 Å². The standard InChI is InChI=1S/C20H11Cl2NO4.C3H9N/c21-11-5-8-17(15(22)9-11)26-12-6-7-16-18(10-12)27-19(23-16)13-3-1-2-4-14(13)20(24)25;1-3(2)4/h1-10H,(H,24,25);3H,4H2,1-2H3. The van der Waals surface area contributed by atoms with Crippen LogP contribution in [0.15, 0.2) is 65.1 Å². The molecule has 0 aliphatic heterocycles. The van der Waals surface area contributed by atoms with Gasteiger partial charge in [0.2, 0.25) is 5.89 Å². The van der Waals surface area contributed by atoms with Crippen LogP contribution in [0.5, 0.6) is 11.5 Å². The number of halogens is 2. The van der Waals surface area contributed by atoms with E-state index in [1.54, 1.807) is 54.6 Å². The van der Waals surface area contributed by atoms with E-state index in [1.165, 1.54) is 6.07 Å². The first-order valence-corrected chi connectivity index (χ1v) is 10.1. The summed E-state index contributed by atoms with van der Waals surface area (Å²) in [5, 5.41) is 10.2. The van der Waals surface area contributed by atoms with Crippen molar-refractivity contribution in [1.29, 1.82) is 0 Å². The third kappa shape index (κ3) is 5.76. The number of carbonyl (C=O) groups is 1. The van der Waals surface area contributed by atoms with E-state index >= 15 is 0 Å². The highest BCUT2D eigenvalue weighted by molar-refractivity contribution is 6.35. The molecule has 1 heterocycles. The van der Waals surface area contributed by atoms with Crippen LogP contribution in [0.3, 0.4) is 0 Å². The summed E-state index contributed by atoms with van der Waals surface area (Å²) in [5.41, 5.74) is 6.69. The van der Waals surface area contributed by atoms with E-state index in [4.69, 9.17) is 38.1 Å². The Balaban J connectivity index is 0.000000628. The predicted molar refractivity (Wildman–Crippen MR) is 122 cm³/mol. The van der Waals surface area contributed by atoms with Crippen LogP contribution < -0.4 is 10.5 Å². The van der Waals surface area contributed by atoms with Crippen LogP contribution in [-0.2, 0) is 0 Å². The molecule has 160 valence electrons. The quantitative estimate of drug-likeness (QED) is 0.355. The van der Waals surface area contributed by atoms with Crippen molar-refractivity contribution in [2.45, 2.75) is 19.9 Å². The summed E-state index contributed by atoms with van der Waals surface area (Å²) >= 11 is 12.0. The van der Waals surface area contributed by atoms with Crippen molar-refractivity contribution < 1.29 is 19.1 Å². The summed E-state index contributed by atoms with van der Waals surface area (Å²) in [5.74, 6) is 0.135. The van der Waals surface area contributed by atoms with Crippen LogP contribution in [0.1, 0.15) is 24.2 Å². The number of fused-ring (bicyclic) bond motifs is 1. The summed E-state index contributed by atoms with van der Waals surface area (Å²) in [6, 6.07) is 16.9. The van der Waals surface area contributed by atoms with Gasteiger partial charge in [0.1, 0.15) is 17.0 Å². The molecule has 0 bridgehead atoms. The second kappa shape index (κ2) is 9.83. The van der Waals surface area contributed by atoms with E-state index in [9.17, 15) is 9.90 Å². The largest absolute Gasteiger partial charge is 0.478 e. The molecule has 1 aromatic heterocycles. The molecule has 31 heavy (non-hydrogen) atoms. The maximum absolute atomic E-state index is 11.4. The first kappa shape index (κ1) is 22.6. The number of nitrogens with two attached hydrogens (primary N) is 1. The van der Waals surface area contributed by atoms with Crippen LogP contribution in [0.4, 0.5) is 0 Å². The average Bonchev–Trinajstić information content (AvgIpc) is 3.13. The lowest BCUT2D eigenvalue weighted by molar-refractivity contribution is 0.0697. The Bertz CT molecular complexity index is 1220. The Morgan fingerprint density at radius 3 is 2.48 bits per heavy atom. The van der Waals surface area contributed by atoms with Crippen molar-refractivity contribution in [1.82, 2.24) is 4.98 Å². The van der Waals surface area contributed by atoms with Gasteiger partial charge < -0.3 is 20.0 Å². The number of carboxylic acid groups (broad SMARTS) is 1. The number of hydrogen-bond acceptors (Lipinski definition) is 5. The fourth-order valence-electron chi connectivity index (χ4n) is 2.62. The lowest BCUT2D eigenvalue weighted by Crippen LogP contribution is -2.06. The van der Waals surface area contributed by atoms with Gasteiger partial charge in [-0.3, -0.25) is 0 Å². The molecule has 0 amide bonds. The van der Waals surface area contributed by atoms with Crippen LogP contribution >= 0.6 is 23.2 Å². The lowest BCUT2D eigenvalue weighted by Gasteiger charge is -2.07. The third-order valence-electron chi connectivity index (χ3n) is 3.87. The highest BCUT2D eigenvalue weighted by Gasteiger charge is 2.16. The van der Waals surface area contributed by atoms with Crippen molar-refractivity contribution in [3.05, 3.63) is 76.3 Å². The molecule has 4 rings (SSSR count). The summed E-state index contributed by atoms with van der Waals surface area (Å²) < 4.78 is 11.5. The number of hydrogen-bond donors (Lipinski definition) is 2. The molecule has 3 aromatic carbocycles. The summed E-state index contributed by atoms with van der Waals surface area (Å²) in [7, 11) is 0. The zero-order valence-electron chi connectivity index (χ0n) is 16.8. The van der Waals surface area contributed by atoms with Gasteiger partial charge >= 0.3 is 5.97 Å². The molecule has 0 saturated heterocycles. The molecular formula is C23H20Cl2N2O4. The minimum atomic E-state index is -1.05. The fraction of sp³-hybridized carbons (Fsp3) is 0.130. The lowest BCUT2D eigenvalue weighted by atomic mass is 10.1. The average molecular weight is 459 g/mol. The maximum atomic E-state index is 11.4. The van der Waals surface area contributed by atoms with Crippen molar-refractivity contribution in [2.75, 3.05) is 0 Å². The molecule has 3 N–H and O–H groups in total. The van der Waals surface area contributed by atoms with Crippen LogP contribution in [0, 0.1) is 0 Å². The topological polar surface area (TPSA) is 98.6 Å². The molecule has 0 unspecified atom stereocenters. The van der Waals surface area contributed by atoms with E-state index in [1.807, 2.05) is 13.8 Å². The van der Waals surface area contributed by atoms with Crippen molar-refractivity contribution in [2.24, 2.45) is 5.73 Å². The zero-order valence-corrected chi connectivity index (χ0v) is 18.3. The molecule has 6 nitrogen and oxygen atoms in total. The van der Waals surface area contributed by atoms with E-state index in [2.05, 4.69) is 4.98 Å². The number of nitrogens with zero attached hydrogens (tertiary/aromatic N) is 1.